The second kappa shape index (κ2) is 7.33. The average molecular weight is 462 g/mol. The lowest BCUT2D eigenvalue weighted by molar-refractivity contribution is 0.0422. The molecule has 1 saturated carbocycles. The Labute approximate surface area is 186 Å². The van der Waals surface area contributed by atoms with Gasteiger partial charge < -0.3 is 10.4 Å². The minimum atomic E-state index is -3.52. The summed E-state index contributed by atoms with van der Waals surface area (Å²) >= 11 is 1.09. The minimum absolute atomic E-state index is 0.0881. The van der Waals surface area contributed by atoms with Gasteiger partial charge in [-0.25, -0.2) is 19.1 Å². The number of aryl methyl sites for hydroxylation is 2. The minimum Gasteiger partial charge on any atom is -0.385 e. The highest BCUT2D eigenvalue weighted by molar-refractivity contribution is 7.93. The molecule has 0 saturated heterocycles. The lowest BCUT2D eigenvalue weighted by atomic mass is 9.89. The molecule has 3 aliphatic carbocycles. The highest BCUT2D eigenvalue weighted by atomic mass is 32.2. The van der Waals surface area contributed by atoms with Crippen LogP contribution in [0.3, 0.4) is 0 Å². The summed E-state index contributed by atoms with van der Waals surface area (Å²) in [6.45, 7) is 3.70. The van der Waals surface area contributed by atoms with Crippen molar-refractivity contribution in [1.82, 2.24) is 9.97 Å². The summed E-state index contributed by atoms with van der Waals surface area (Å²) in [6, 6.07) is -0.738. The van der Waals surface area contributed by atoms with E-state index >= 15 is 0 Å². The fourth-order valence-electron chi connectivity index (χ4n) is 4.68. The van der Waals surface area contributed by atoms with Crippen molar-refractivity contribution in [3.63, 3.8) is 0 Å². The first-order valence-electron chi connectivity index (χ1n) is 10.8. The second-order valence-electron chi connectivity index (χ2n) is 9.02. The smallest absolute Gasteiger partial charge is 0.354 e. The zero-order valence-corrected chi connectivity index (χ0v) is 19.4. The number of carbonyl (C=O) groups excluding carboxylic acids is 1. The van der Waals surface area contributed by atoms with Gasteiger partial charge in [-0.2, -0.15) is 0 Å². The van der Waals surface area contributed by atoms with Gasteiger partial charge in [-0.3, -0.25) is 4.98 Å². The number of pyridine rings is 1. The van der Waals surface area contributed by atoms with Crippen molar-refractivity contribution >= 4 is 33.0 Å². The Morgan fingerprint density at radius 1 is 1.26 bits per heavy atom. The molecule has 5 rings (SSSR count). The molecule has 0 radical (unpaired) electrons. The molecule has 2 unspecified atom stereocenters. The number of aliphatic hydroxyl groups is 1. The van der Waals surface area contributed by atoms with Crippen molar-refractivity contribution in [3.8, 4) is 0 Å². The fraction of sp³-hybridized carbons (Fsp3) is 0.571. The van der Waals surface area contributed by atoms with E-state index in [0.29, 0.717) is 29.3 Å². The second-order valence-corrected chi connectivity index (χ2v) is 12.0. The van der Waals surface area contributed by atoms with Crippen LogP contribution in [0, 0.1) is 6.92 Å². The van der Waals surface area contributed by atoms with Gasteiger partial charge in [0.25, 0.3) is 0 Å². The standard InChI is InChI=1S/C21H27N5O3S2/c1-11-16(12-8-9-12)23-14-6-3-5-13(14)17(11)25-19(27)26-31(22,29)20-24-15-7-4-10-21(2,28)18(15)30-20/h12,28H,3-10H2,1-2H3,(H3,22,23,25,26,27,29). The monoisotopic (exact) mass is 461 g/mol. The van der Waals surface area contributed by atoms with Crippen molar-refractivity contribution in [2.45, 2.75) is 81.1 Å². The zero-order chi connectivity index (χ0) is 22.0. The van der Waals surface area contributed by atoms with Gasteiger partial charge in [0.1, 0.15) is 0 Å². The molecule has 2 aromatic heterocycles. The average Bonchev–Trinajstić information content (AvgIpc) is 3.22. The molecule has 0 spiro atoms. The third kappa shape index (κ3) is 3.79. The predicted octanol–water partition coefficient (Wildman–Crippen LogP) is 3.69. The maximum atomic E-state index is 13.1. The topological polar surface area (TPSA) is 131 Å². The first-order valence-corrected chi connectivity index (χ1v) is 13.2. The van der Waals surface area contributed by atoms with E-state index < -0.39 is 21.5 Å². The Morgan fingerprint density at radius 3 is 2.71 bits per heavy atom. The Hall–Kier alpha value is -1.88. The number of nitrogens with zero attached hydrogens (tertiary/aromatic N) is 3. The maximum Gasteiger partial charge on any atom is 0.354 e. The van der Waals surface area contributed by atoms with Crippen molar-refractivity contribution in [3.05, 3.63) is 33.1 Å². The van der Waals surface area contributed by atoms with Crippen molar-refractivity contribution in [1.29, 1.82) is 0 Å². The Kier molecular flexibility index (Phi) is 4.96. The van der Waals surface area contributed by atoms with E-state index in [1.54, 1.807) is 6.92 Å². The van der Waals surface area contributed by atoms with Crippen LogP contribution in [0.25, 0.3) is 0 Å². The lowest BCUT2D eigenvalue weighted by Gasteiger charge is -2.26. The number of urea groups is 1. The molecule has 2 amide bonds. The van der Waals surface area contributed by atoms with Crippen LogP contribution in [0.2, 0.25) is 0 Å². The summed E-state index contributed by atoms with van der Waals surface area (Å²) in [5.41, 5.74) is 4.54. The molecular weight excluding hydrogens is 434 g/mol. The summed E-state index contributed by atoms with van der Waals surface area (Å²) in [5.74, 6) is 0.464. The van der Waals surface area contributed by atoms with E-state index in [-0.39, 0.29) is 4.34 Å². The summed E-state index contributed by atoms with van der Waals surface area (Å²) in [6.07, 6.45) is 7.12. The number of hydrogen-bond donors (Lipinski definition) is 3. The van der Waals surface area contributed by atoms with E-state index in [1.165, 1.54) is 0 Å². The van der Waals surface area contributed by atoms with Gasteiger partial charge in [-0.05, 0) is 76.3 Å². The fourth-order valence-corrected chi connectivity index (χ4v) is 7.05. The summed E-state index contributed by atoms with van der Waals surface area (Å²) < 4.78 is 17.0. The van der Waals surface area contributed by atoms with Crippen LogP contribution >= 0.6 is 11.3 Å². The third-order valence-corrected chi connectivity index (χ3v) is 9.55. The highest BCUT2D eigenvalue weighted by Gasteiger charge is 2.35. The predicted molar refractivity (Wildman–Crippen MR) is 120 cm³/mol. The Balaban J connectivity index is 1.47. The number of fused-ring (bicyclic) bond motifs is 2. The summed E-state index contributed by atoms with van der Waals surface area (Å²) in [4.78, 5) is 22.7. The van der Waals surface area contributed by atoms with Crippen LogP contribution in [0.15, 0.2) is 8.70 Å². The zero-order valence-electron chi connectivity index (χ0n) is 17.7. The molecule has 0 bridgehead atoms. The van der Waals surface area contributed by atoms with Crippen LogP contribution in [0.1, 0.15) is 78.0 Å². The Bertz CT molecular complexity index is 1210. The maximum absolute atomic E-state index is 13.1. The van der Waals surface area contributed by atoms with Gasteiger partial charge in [-0.15, -0.1) is 15.7 Å². The molecule has 0 aromatic carbocycles. The SMILES string of the molecule is Cc1c(C2CC2)nc2c(c1NC(=O)N=S(N)(=O)c1nc3c(s1)C(C)(O)CCC3)CCC2. The van der Waals surface area contributed by atoms with E-state index in [4.69, 9.17) is 10.1 Å². The molecule has 10 heteroatoms. The molecule has 2 heterocycles. The summed E-state index contributed by atoms with van der Waals surface area (Å²) in [5, 5.41) is 19.4. The third-order valence-electron chi connectivity index (χ3n) is 6.41. The first-order chi connectivity index (χ1) is 14.7. The summed E-state index contributed by atoms with van der Waals surface area (Å²) in [7, 11) is -3.52. The van der Waals surface area contributed by atoms with E-state index in [1.807, 2.05) is 6.92 Å². The van der Waals surface area contributed by atoms with Crippen molar-refractivity contribution in [2.75, 3.05) is 5.32 Å². The van der Waals surface area contributed by atoms with E-state index in [2.05, 4.69) is 14.7 Å². The number of thiazole rings is 1. The molecule has 3 aliphatic rings. The molecule has 1 fully saturated rings. The molecule has 0 aliphatic heterocycles. The first kappa shape index (κ1) is 21.0. The lowest BCUT2D eigenvalue weighted by Crippen LogP contribution is -2.25. The quantitative estimate of drug-likeness (QED) is 0.642. The van der Waals surface area contributed by atoms with Gasteiger partial charge in [0.2, 0.25) is 4.34 Å². The van der Waals surface area contributed by atoms with Gasteiger partial charge in [0.05, 0.1) is 21.9 Å². The molecule has 2 aromatic rings. The molecule has 2 atom stereocenters. The van der Waals surface area contributed by atoms with Crippen LogP contribution < -0.4 is 10.5 Å². The van der Waals surface area contributed by atoms with Crippen molar-refractivity contribution in [2.24, 2.45) is 9.50 Å². The molecular formula is C21H27N5O3S2. The number of nitrogens with two attached hydrogens (primary N) is 1. The number of nitrogens with one attached hydrogen (secondary N) is 1. The van der Waals surface area contributed by atoms with Gasteiger partial charge in [0.15, 0.2) is 9.92 Å². The van der Waals surface area contributed by atoms with E-state index in [9.17, 15) is 14.1 Å². The molecule has 8 nitrogen and oxygen atoms in total. The van der Waals surface area contributed by atoms with Crippen LogP contribution in [0.5, 0.6) is 0 Å². The molecule has 4 N–H and O–H groups in total. The molecule has 31 heavy (non-hydrogen) atoms. The number of anilines is 1. The van der Waals surface area contributed by atoms with Crippen LogP contribution in [-0.4, -0.2) is 25.3 Å². The van der Waals surface area contributed by atoms with E-state index in [0.717, 1.165) is 78.1 Å². The number of hydrogen-bond acceptors (Lipinski definition) is 6. The van der Waals surface area contributed by atoms with Crippen LogP contribution in [0.4, 0.5) is 10.5 Å². The Morgan fingerprint density at radius 2 is 2.00 bits per heavy atom. The normalized spacial score (nSPS) is 24.3. The molecule has 166 valence electrons. The highest BCUT2D eigenvalue weighted by Crippen LogP contribution is 2.44. The van der Waals surface area contributed by atoms with Crippen molar-refractivity contribution < 1.29 is 14.1 Å². The van der Waals surface area contributed by atoms with Crippen LogP contribution in [-0.2, 0) is 34.8 Å². The largest absolute Gasteiger partial charge is 0.385 e. The van der Waals surface area contributed by atoms with Gasteiger partial charge in [0, 0.05) is 17.3 Å². The number of rotatable bonds is 3. The van der Waals surface area contributed by atoms with Gasteiger partial charge >= 0.3 is 6.03 Å². The number of aromatic nitrogens is 2. The number of amides is 2. The number of carbonyl (C=O) groups is 1. The van der Waals surface area contributed by atoms with Gasteiger partial charge in [-0.1, -0.05) is 0 Å².